The fourth-order valence-corrected chi connectivity index (χ4v) is 3.96. The molecule has 29 heavy (non-hydrogen) atoms. The summed E-state index contributed by atoms with van der Waals surface area (Å²) < 4.78 is 5.22. The molecule has 150 valence electrons. The molecule has 0 saturated carbocycles. The third-order valence-electron chi connectivity index (χ3n) is 5.49. The molecule has 0 bridgehead atoms. The van der Waals surface area contributed by atoms with Crippen molar-refractivity contribution in [2.75, 3.05) is 13.1 Å². The lowest BCUT2D eigenvalue weighted by atomic mass is 9.89. The van der Waals surface area contributed by atoms with Crippen LogP contribution in [0.3, 0.4) is 0 Å². The summed E-state index contributed by atoms with van der Waals surface area (Å²) in [5.74, 6) is 1.59. The second kappa shape index (κ2) is 8.15. The predicted molar refractivity (Wildman–Crippen MR) is 111 cm³/mol. The second-order valence-corrected chi connectivity index (χ2v) is 7.71. The number of likely N-dealkylation sites (tertiary alicyclic amines) is 1. The predicted octanol–water partition coefficient (Wildman–Crippen LogP) is 4.33. The van der Waals surface area contributed by atoms with Crippen LogP contribution in [0.5, 0.6) is 0 Å². The van der Waals surface area contributed by atoms with Crippen LogP contribution in [0.25, 0.3) is 11.1 Å². The number of nitrogens with zero attached hydrogens (tertiary/aromatic N) is 4. The first-order valence-electron chi connectivity index (χ1n) is 10.2. The van der Waals surface area contributed by atoms with Gasteiger partial charge in [-0.3, -0.25) is 4.79 Å². The molecule has 2 aromatic heterocycles. The Balaban J connectivity index is 1.63. The van der Waals surface area contributed by atoms with Gasteiger partial charge in [0.15, 0.2) is 5.69 Å². The molecule has 0 spiro atoms. The topological polar surface area (TPSA) is 72.1 Å². The molecule has 1 saturated heterocycles. The summed E-state index contributed by atoms with van der Waals surface area (Å²) in [5.41, 5.74) is 4.78. The van der Waals surface area contributed by atoms with Crippen molar-refractivity contribution < 1.29 is 9.32 Å². The minimum absolute atomic E-state index is 0.0685. The summed E-state index contributed by atoms with van der Waals surface area (Å²) in [5, 5.41) is 3.96. The highest BCUT2D eigenvalue weighted by molar-refractivity contribution is 5.92. The maximum Gasteiger partial charge on any atom is 0.276 e. The van der Waals surface area contributed by atoms with Crippen LogP contribution in [0.4, 0.5) is 0 Å². The molecule has 0 N–H and O–H groups in total. The standard InChI is InChI=1S/C23H26N4O2/c1-4-19-12-21(26-29-19)23(28)27-10-6-9-18(14-27)22-20(13-24-16(3)25-22)17-8-5-7-15(2)11-17/h5,7-8,11-13,18H,4,6,9-10,14H2,1-3H3. The SMILES string of the molecule is CCc1cc(C(=O)N2CCCC(c3nc(C)ncc3-c3cccc(C)c3)C2)no1. The fraction of sp³-hybridized carbons (Fsp3) is 0.391. The van der Waals surface area contributed by atoms with Gasteiger partial charge in [-0.05, 0) is 32.3 Å². The lowest BCUT2D eigenvalue weighted by Crippen LogP contribution is -2.39. The van der Waals surface area contributed by atoms with Crippen LogP contribution in [0, 0.1) is 13.8 Å². The molecule has 3 aromatic rings. The third kappa shape index (κ3) is 4.06. The molecule has 6 heteroatoms. The van der Waals surface area contributed by atoms with Gasteiger partial charge in [0.1, 0.15) is 11.6 Å². The first-order chi connectivity index (χ1) is 14.0. The highest BCUT2D eigenvalue weighted by Crippen LogP contribution is 2.33. The molecule has 1 aliphatic heterocycles. The number of amides is 1. The lowest BCUT2D eigenvalue weighted by Gasteiger charge is -2.32. The molecule has 1 atom stereocenters. The monoisotopic (exact) mass is 390 g/mol. The van der Waals surface area contributed by atoms with E-state index in [-0.39, 0.29) is 11.8 Å². The molecule has 0 radical (unpaired) electrons. The van der Waals surface area contributed by atoms with E-state index in [1.54, 1.807) is 6.07 Å². The van der Waals surface area contributed by atoms with Gasteiger partial charge in [0, 0.05) is 43.3 Å². The summed E-state index contributed by atoms with van der Waals surface area (Å²) in [4.78, 5) is 24.1. The molecule has 1 amide bonds. The van der Waals surface area contributed by atoms with Gasteiger partial charge in [0.2, 0.25) is 0 Å². The van der Waals surface area contributed by atoms with Crippen molar-refractivity contribution in [1.29, 1.82) is 0 Å². The van der Waals surface area contributed by atoms with Gasteiger partial charge in [-0.25, -0.2) is 9.97 Å². The Morgan fingerprint density at radius 1 is 1.28 bits per heavy atom. The number of piperidine rings is 1. The number of hydrogen-bond donors (Lipinski definition) is 0. The van der Waals surface area contributed by atoms with Crippen LogP contribution in [0.2, 0.25) is 0 Å². The van der Waals surface area contributed by atoms with Crippen molar-refractivity contribution in [2.24, 2.45) is 0 Å². The Morgan fingerprint density at radius 2 is 2.14 bits per heavy atom. The van der Waals surface area contributed by atoms with Crippen LogP contribution < -0.4 is 0 Å². The van der Waals surface area contributed by atoms with E-state index in [4.69, 9.17) is 9.51 Å². The normalized spacial score (nSPS) is 16.8. The molecular formula is C23H26N4O2. The molecule has 3 heterocycles. The van der Waals surface area contributed by atoms with E-state index < -0.39 is 0 Å². The molecule has 1 unspecified atom stereocenters. The Kier molecular flexibility index (Phi) is 5.43. The van der Waals surface area contributed by atoms with E-state index in [1.807, 2.05) is 24.9 Å². The molecule has 0 aliphatic carbocycles. The number of hydrogen-bond acceptors (Lipinski definition) is 5. The number of benzene rings is 1. The molecule has 1 fully saturated rings. The van der Waals surface area contributed by atoms with Crippen molar-refractivity contribution in [3.05, 3.63) is 65.1 Å². The zero-order chi connectivity index (χ0) is 20.4. The fourth-order valence-electron chi connectivity index (χ4n) is 3.96. The molecular weight excluding hydrogens is 364 g/mol. The Bertz CT molecular complexity index is 1030. The van der Waals surface area contributed by atoms with Crippen LogP contribution >= 0.6 is 0 Å². The summed E-state index contributed by atoms with van der Waals surface area (Å²) in [6.45, 7) is 7.34. The van der Waals surface area contributed by atoms with E-state index >= 15 is 0 Å². The first kappa shape index (κ1) is 19.3. The van der Waals surface area contributed by atoms with Gasteiger partial charge < -0.3 is 9.42 Å². The largest absolute Gasteiger partial charge is 0.361 e. The highest BCUT2D eigenvalue weighted by Gasteiger charge is 2.29. The van der Waals surface area contributed by atoms with Crippen molar-refractivity contribution in [2.45, 2.75) is 46.0 Å². The highest BCUT2D eigenvalue weighted by atomic mass is 16.5. The molecule has 1 aliphatic rings. The number of carbonyl (C=O) groups excluding carboxylic acids is 1. The van der Waals surface area contributed by atoms with Crippen LogP contribution in [0.15, 0.2) is 41.1 Å². The van der Waals surface area contributed by atoms with Crippen molar-refractivity contribution >= 4 is 5.91 Å². The van der Waals surface area contributed by atoms with Gasteiger partial charge in [0.25, 0.3) is 5.91 Å². The van der Waals surface area contributed by atoms with Crippen molar-refractivity contribution in [3.63, 3.8) is 0 Å². The van der Waals surface area contributed by atoms with Gasteiger partial charge in [-0.2, -0.15) is 0 Å². The third-order valence-corrected chi connectivity index (χ3v) is 5.49. The van der Waals surface area contributed by atoms with Gasteiger partial charge in [-0.15, -0.1) is 0 Å². The number of aromatic nitrogens is 3. The van der Waals surface area contributed by atoms with Gasteiger partial charge in [-0.1, -0.05) is 41.9 Å². The van der Waals surface area contributed by atoms with E-state index in [2.05, 4.69) is 41.3 Å². The number of rotatable bonds is 4. The van der Waals surface area contributed by atoms with E-state index in [0.29, 0.717) is 12.2 Å². The number of carbonyl (C=O) groups is 1. The van der Waals surface area contributed by atoms with E-state index in [1.165, 1.54) is 5.56 Å². The van der Waals surface area contributed by atoms with Crippen LogP contribution in [-0.2, 0) is 6.42 Å². The molecule has 6 nitrogen and oxygen atoms in total. The average molecular weight is 390 g/mol. The average Bonchev–Trinajstić information content (AvgIpc) is 3.22. The van der Waals surface area contributed by atoms with Gasteiger partial charge in [0.05, 0.1) is 5.69 Å². The smallest absolute Gasteiger partial charge is 0.276 e. The quantitative estimate of drug-likeness (QED) is 0.663. The Hall–Kier alpha value is -3.02. The summed E-state index contributed by atoms with van der Waals surface area (Å²) in [7, 11) is 0. The van der Waals surface area contributed by atoms with Crippen LogP contribution in [-0.4, -0.2) is 39.0 Å². The number of aryl methyl sites for hydroxylation is 3. The second-order valence-electron chi connectivity index (χ2n) is 7.71. The maximum atomic E-state index is 12.9. The zero-order valence-electron chi connectivity index (χ0n) is 17.2. The van der Waals surface area contributed by atoms with Crippen molar-refractivity contribution in [3.8, 4) is 11.1 Å². The first-order valence-corrected chi connectivity index (χ1v) is 10.2. The molecule has 1 aromatic carbocycles. The Labute approximate surface area is 171 Å². The summed E-state index contributed by atoms with van der Waals surface area (Å²) in [6, 6.07) is 10.1. The van der Waals surface area contributed by atoms with Gasteiger partial charge >= 0.3 is 0 Å². The van der Waals surface area contributed by atoms with Crippen molar-refractivity contribution in [1.82, 2.24) is 20.0 Å². The van der Waals surface area contributed by atoms with Crippen LogP contribution in [0.1, 0.15) is 59.0 Å². The minimum Gasteiger partial charge on any atom is -0.361 e. The zero-order valence-corrected chi connectivity index (χ0v) is 17.2. The van der Waals surface area contributed by atoms with E-state index in [9.17, 15) is 4.79 Å². The Morgan fingerprint density at radius 3 is 2.90 bits per heavy atom. The minimum atomic E-state index is -0.0685. The lowest BCUT2D eigenvalue weighted by molar-refractivity contribution is 0.0695. The van der Waals surface area contributed by atoms with E-state index in [0.717, 1.165) is 54.2 Å². The summed E-state index contributed by atoms with van der Waals surface area (Å²) >= 11 is 0. The maximum absolute atomic E-state index is 12.9. The molecule has 4 rings (SSSR count). The summed E-state index contributed by atoms with van der Waals surface area (Å²) in [6.07, 6.45) is 4.57.